The molecule has 1 atom stereocenters. The van der Waals surface area contributed by atoms with Gasteiger partial charge in [0.05, 0.1) is 11.7 Å². The van der Waals surface area contributed by atoms with Gasteiger partial charge < -0.3 is 5.32 Å². The Kier molecular flexibility index (Phi) is 5.14. The number of nitrogens with zero attached hydrogens (tertiary/aromatic N) is 2. The zero-order valence-corrected chi connectivity index (χ0v) is 14.6. The molecular weight excluding hydrogens is 357 g/mol. The van der Waals surface area contributed by atoms with Crippen molar-refractivity contribution in [2.75, 3.05) is 0 Å². The van der Waals surface area contributed by atoms with Gasteiger partial charge in [-0.3, -0.25) is 9.59 Å². The summed E-state index contributed by atoms with van der Waals surface area (Å²) >= 11 is 5.87. The smallest absolute Gasteiger partial charge is 0.272 e. The standard InChI is InChI=1S/C19H15ClFN3O2/c1-12(13-2-4-14(20)5-3-13)22-19(26)17-10-11-18(25)24(23-17)16-8-6-15(21)7-9-16/h2-12H,1H3,(H,22,26). The van der Waals surface area contributed by atoms with Gasteiger partial charge in [-0.15, -0.1) is 0 Å². The fourth-order valence-corrected chi connectivity index (χ4v) is 2.53. The number of carbonyl (C=O) groups is 1. The van der Waals surface area contributed by atoms with Crippen molar-refractivity contribution in [1.82, 2.24) is 15.1 Å². The van der Waals surface area contributed by atoms with E-state index in [1.165, 1.54) is 36.4 Å². The number of hydrogen-bond acceptors (Lipinski definition) is 3. The first-order chi connectivity index (χ1) is 12.4. The number of hydrogen-bond donors (Lipinski definition) is 1. The van der Waals surface area contributed by atoms with E-state index in [4.69, 9.17) is 11.6 Å². The number of aromatic nitrogens is 2. The van der Waals surface area contributed by atoms with Crippen LogP contribution in [-0.4, -0.2) is 15.7 Å². The predicted molar refractivity (Wildman–Crippen MR) is 97.1 cm³/mol. The summed E-state index contributed by atoms with van der Waals surface area (Å²) < 4.78 is 14.1. The third kappa shape index (κ3) is 3.97. The Morgan fingerprint density at radius 2 is 1.73 bits per heavy atom. The molecule has 0 fully saturated rings. The second kappa shape index (κ2) is 7.49. The van der Waals surface area contributed by atoms with Gasteiger partial charge in [-0.1, -0.05) is 23.7 Å². The molecule has 1 unspecified atom stereocenters. The van der Waals surface area contributed by atoms with Crippen LogP contribution in [0.4, 0.5) is 4.39 Å². The van der Waals surface area contributed by atoms with Gasteiger partial charge in [0.25, 0.3) is 11.5 Å². The number of rotatable bonds is 4. The molecule has 1 aromatic heterocycles. The largest absolute Gasteiger partial charge is 0.344 e. The molecule has 26 heavy (non-hydrogen) atoms. The molecule has 7 heteroatoms. The molecule has 3 rings (SSSR count). The molecule has 5 nitrogen and oxygen atoms in total. The summed E-state index contributed by atoms with van der Waals surface area (Å²) in [6.45, 7) is 1.83. The van der Waals surface area contributed by atoms with E-state index in [-0.39, 0.29) is 11.7 Å². The molecule has 1 N–H and O–H groups in total. The van der Waals surface area contributed by atoms with Crippen LogP contribution in [0.3, 0.4) is 0 Å². The molecule has 1 amide bonds. The van der Waals surface area contributed by atoms with Crippen LogP contribution >= 0.6 is 11.6 Å². The number of benzene rings is 2. The number of carbonyl (C=O) groups excluding carboxylic acids is 1. The lowest BCUT2D eigenvalue weighted by molar-refractivity contribution is 0.0933. The van der Waals surface area contributed by atoms with Gasteiger partial charge in [0.1, 0.15) is 11.5 Å². The van der Waals surface area contributed by atoms with Crippen LogP contribution in [0.5, 0.6) is 0 Å². The van der Waals surface area contributed by atoms with Crippen LogP contribution in [0.2, 0.25) is 5.02 Å². The van der Waals surface area contributed by atoms with Crippen LogP contribution in [0.25, 0.3) is 5.69 Å². The highest BCUT2D eigenvalue weighted by Gasteiger charge is 2.14. The molecule has 0 spiro atoms. The molecule has 0 bridgehead atoms. The average molecular weight is 372 g/mol. The fraction of sp³-hybridized carbons (Fsp3) is 0.105. The summed E-state index contributed by atoms with van der Waals surface area (Å²) in [5, 5.41) is 7.51. The zero-order chi connectivity index (χ0) is 18.7. The van der Waals surface area contributed by atoms with Crippen molar-refractivity contribution in [3.05, 3.63) is 93.1 Å². The minimum atomic E-state index is -0.427. The number of halogens is 2. The Morgan fingerprint density at radius 1 is 1.08 bits per heavy atom. The van der Waals surface area contributed by atoms with Gasteiger partial charge in [-0.25, -0.2) is 4.39 Å². The van der Waals surface area contributed by atoms with Gasteiger partial charge in [-0.05, 0) is 55.0 Å². The van der Waals surface area contributed by atoms with Crippen molar-refractivity contribution >= 4 is 17.5 Å². The van der Waals surface area contributed by atoms with E-state index < -0.39 is 17.3 Å². The fourth-order valence-electron chi connectivity index (χ4n) is 2.40. The lowest BCUT2D eigenvalue weighted by Gasteiger charge is -2.14. The minimum absolute atomic E-state index is 0.0785. The molecule has 132 valence electrons. The van der Waals surface area contributed by atoms with Crippen molar-refractivity contribution in [3.8, 4) is 5.69 Å². The normalized spacial score (nSPS) is 11.8. The molecule has 1 heterocycles. The molecule has 0 aliphatic rings. The van der Waals surface area contributed by atoms with Crippen molar-refractivity contribution in [2.24, 2.45) is 0 Å². The average Bonchev–Trinajstić information content (AvgIpc) is 2.63. The van der Waals surface area contributed by atoms with Gasteiger partial charge >= 0.3 is 0 Å². The van der Waals surface area contributed by atoms with E-state index in [1.54, 1.807) is 12.1 Å². The second-order valence-electron chi connectivity index (χ2n) is 5.69. The van der Waals surface area contributed by atoms with Crippen LogP contribution < -0.4 is 10.9 Å². The summed E-state index contributed by atoms with van der Waals surface area (Å²) in [7, 11) is 0. The van der Waals surface area contributed by atoms with E-state index >= 15 is 0 Å². The van der Waals surface area contributed by atoms with Crippen molar-refractivity contribution in [3.63, 3.8) is 0 Å². The van der Waals surface area contributed by atoms with Crippen LogP contribution in [0.15, 0.2) is 65.5 Å². The molecule has 2 aromatic carbocycles. The summed E-state index contributed by atoms with van der Waals surface area (Å²) in [4.78, 5) is 24.5. The van der Waals surface area contributed by atoms with Crippen LogP contribution in [0.1, 0.15) is 29.0 Å². The Labute approximate surface area is 154 Å². The van der Waals surface area contributed by atoms with Gasteiger partial charge in [0.2, 0.25) is 0 Å². The third-order valence-corrected chi connectivity index (χ3v) is 4.07. The Hall–Kier alpha value is -2.99. The monoisotopic (exact) mass is 371 g/mol. The number of amides is 1. The zero-order valence-electron chi connectivity index (χ0n) is 13.8. The van der Waals surface area contributed by atoms with Crippen molar-refractivity contribution in [2.45, 2.75) is 13.0 Å². The van der Waals surface area contributed by atoms with Crippen molar-refractivity contribution in [1.29, 1.82) is 0 Å². The number of nitrogens with one attached hydrogen (secondary N) is 1. The Bertz CT molecular complexity index is 985. The van der Waals surface area contributed by atoms with Gasteiger partial charge in [-0.2, -0.15) is 9.78 Å². The summed E-state index contributed by atoms with van der Waals surface area (Å²) in [5.74, 6) is -0.851. The molecule has 0 aliphatic heterocycles. The lowest BCUT2D eigenvalue weighted by atomic mass is 10.1. The maximum absolute atomic E-state index is 13.1. The highest BCUT2D eigenvalue weighted by Crippen LogP contribution is 2.16. The minimum Gasteiger partial charge on any atom is -0.344 e. The van der Waals surface area contributed by atoms with Gasteiger partial charge in [0.15, 0.2) is 0 Å². The SMILES string of the molecule is CC(NC(=O)c1ccc(=O)n(-c2ccc(F)cc2)n1)c1ccc(Cl)cc1. The molecule has 0 saturated heterocycles. The second-order valence-corrected chi connectivity index (χ2v) is 6.13. The summed E-state index contributed by atoms with van der Waals surface area (Å²) in [6.07, 6.45) is 0. The maximum atomic E-state index is 13.1. The van der Waals surface area contributed by atoms with Crippen LogP contribution in [-0.2, 0) is 0 Å². The van der Waals surface area contributed by atoms with E-state index in [1.807, 2.05) is 19.1 Å². The van der Waals surface area contributed by atoms with E-state index in [2.05, 4.69) is 10.4 Å². The first kappa shape index (κ1) is 17.8. The maximum Gasteiger partial charge on any atom is 0.272 e. The topological polar surface area (TPSA) is 64.0 Å². The molecule has 0 aliphatic carbocycles. The highest BCUT2D eigenvalue weighted by atomic mass is 35.5. The van der Waals surface area contributed by atoms with E-state index in [9.17, 15) is 14.0 Å². The first-order valence-electron chi connectivity index (χ1n) is 7.87. The van der Waals surface area contributed by atoms with Crippen LogP contribution in [0, 0.1) is 5.82 Å². The highest BCUT2D eigenvalue weighted by molar-refractivity contribution is 6.30. The molecule has 0 radical (unpaired) electrons. The predicted octanol–water partition coefficient (Wildman–Crippen LogP) is 3.52. The Balaban J connectivity index is 1.83. The quantitative estimate of drug-likeness (QED) is 0.763. The van der Waals surface area contributed by atoms with Crippen molar-refractivity contribution < 1.29 is 9.18 Å². The molecule has 0 saturated carbocycles. The van der Waals surface area contributed by atoms with E-state index in [0.29, 0.717) is 10.7 Å². The molecular formula is C19H15ClFN3O2. The lowest BCUT2D eigenvalue weighted by Crippen LogP contribution is -2.30. The van der Waals surface area contributed by atoms with Gasteiger partial charge in [0, 0.05) is 11.1 Å². The third-order valence-electron chi connectivity index (χ3n) is 3.82. The first-order valence-corrected chi connectivity index (χ1v) is 8.24. The van der Waals surface area contributed by atoms with E-state index in [0.717, 1.165) is 10.2 Å². The molecule has 3 aromatic rings. The summed E-state index contributed by atoms with van der Waals surface area (Å²) in [6, 6.07) is 14.7. The summed E-state index contributed by atoms with van der Waals surface area (Å²) in [5.41, 5.74) is 0.917. The Morgan fingerprint density at radius 3 is 2.38 bits per heavy atom.